The number of anilines is 9. The summed E-state index contributed by atoms with van der Waals surface area (Å²) < 4.78 is 0. The quantitative estimate of drug-likeness (QED) is 0.158. The highest BCUT2D eigenvalue weighted by molar-refractivity contribution is 5.96. The molecule has 0 unspecified atom stereocenters. The first-order valence-corrected chi connectivity index (χ1v) is 23.4. The average molecular weight is 852 g/mol. The van der Waals surface area contributed by atoms with Crippen LogP contribution in [0, 0.1) is 0 Å². The summed E-state index contributed by atoms with van der Waals surface area (Å²) in [5, 5.41) is 0. The maximum Gasteiger partial charge on any atom is 0.0545 e. The van der Waals surface area contributed by atoms with Gasteiger partial charge in [-0.15, -0.1) is 0 Å². The molecule has 0 N–H and O–H groups in total. The Morgan fingerprint density at radius 3 is 1.35 bits per heavy atom. The van der Waals surface area contributed by atoms with E-state index in [0.29, 0.717) is 0 Å². The molecule has 3 heteroatoms. The van der Waals surface area contributed by atoms with Crippen LogP contribution in [-0.4, -0.2) is 0 Å². The highest BCUT2D eigenvalue weighted by atomic mass is 15.2. The number of para-hydroxylation sites is 4. The van der Waals surface area contributed by atoms with Crippen molar-refractivity contribution in [2.24, 2.45) is 0 Å². The first-order chi connectivity index (χ1) is 32.0. The van der Waals surface area contributed by atoms with Gasteiger partial charge in [0.2, 0.25) is 0 Å². The Bertz CT molecular complexity index is 3290. The molecule has 0 bridgehead atoms. The van der Waals surface area contributed by atoms with E-state index in [9.17, 15) is 0 Å². The first-order valence-electron chi connectivity index (χ1n) is 23.4. The van der Waals surface area contributed by atoms with Crippen molar-refractivity contribution in [1.29, 1.82) is 0 Å². The highest BCUT2D eigenvalue weighted by Gasteiger charge is 2.46. The van der Waals surface area contributed by atoms with E-state index in [1.54, 1.807) is 0 Å². The van der Waals surface area contributed by atoms with Crippen LogP contribution in [0.2, 0.25) is 0 Å². The SMILES string of the molecule is CC1(C)c2ccccc2-c2cc(N(c3ccccc3)c3cc4c5c(c3)C(C)(C)c3cc(-c6ccc(N(c7ccccc7)c7ccccc7)cc6)ccc3N5c3ccccc3C4(C)C)ccc21. The highest BCUT2D eigenvalue weighted by Crippen LogP contribution is 2.62. The van der Waals surface area contributed by atoms with Crippen LogP contribution in [0.4, 0.5) is 51.2 Å². The summed E-state index contributed by atoms with van der Waals surface area (Å²) in [6, 6.07) is 78.6. The van der Waals surface area contributed by atoms with Gasteiger partial charge in [0.1, 0.15) is 0 Å². The lowest BCUT2D eigenvalue weighted by Gasteiger charge is -2.50. The van der Waals surface area contributed by atoms with Gasteiger partial charge in [-0.25, -0.2) is 0 Å². The van der Waals surface area contributed by atoms with Crippen LogP contribution in [0.25, 0.3) is 22.3 Å². The van der Waals surface area contributed by atoms with Crippen molar-refractivity contribution in [3.05, 3.63) is 246 Å². The van der Waals surface area contributed by atoms with Crippen LogP contribution in [0.5, 0.6) is 0 Å². The molecule has 320 valence electrons. The summed E-state index contributed by atoms with van der Waals surface area (Å²) in [5.74, 6) is 0. The van der Waals surface area contributed by atoms with Crippen molar-refractivity contribution in [3.8, 4) is 22.3 Å². The van der Waals surface area contributed by atoms with Gasteiger partial charge in [-0.3, -0.25) is 0 Å². The largest absolute Gasteiger partial charge is 0.311 e. The summed E-state index contributed by atoms with van der Waals surface area (Å²) >= 11 is 0. The Morgan fingerprint density at radius 1 is 0.288 bits per heavy atom. The summed E-state index contributed by atoms with van der Waals surface area (Å²) in [6.07, 6.45) is 0. The minimum absolute atomic E-state index is 0.0676. The van der Waals surface area contributed by atoms with E-state index in [0.717, 1.165) is 34.1 Å². The second-order valence-electron chi connectivity index (χ2n) is 19.8. The van der Waals surface area contributed by atoms with Crippen LogP contribution in [0.3, 0.4) is 0 Å². The zero-order valence-corrected chi connectivity index (χ0v) is 38.5. The number of fused-ring (bicyclic) bond motifs is 7. The molecule has 3 aliphatic rings. The molecular formula is C63H53N3. The second-order valence-corrected chi connectivity index (χ2v) is 19.8. The molecule has 66 heavy (non-hydrogen) atoms. The Labute approximate surface area is 389 Å². The third kappa shape index (κ3) is 5.96. The van der Waals surface area contributed by atoms with E-state index in [2.05, 4.69) is 269 Å². The summed E-state index contributed by atoms with van der Waals surface area (Å²) in [4.78, 5) is 7.38. The maximum atomic E-state index is 2.57. The van der Waals surface area contributed by atoms with Crippen molar-refractivity contribution in [3.63, 3.8) is 0 Å². The lowest BCUT2D eigenvalue weighted by Crippen LogP contribution is -2.38. The fourth-order valence-corrected chi connectivity index (χ4v) is 11.5. The molecule has 2 heterocycles. The van der Waals surface area contributed by atoms with Crippen LogP contribution in [0.1, 0.15) is 74.9 Å². The van der Waals surface area contributed by atoms with Crippen molar-refractivity contribution < 1.29 is 0 Å². The van der Waals surface area contributed by atoms with Crippen molar-refractivity contribution in [2.75, 3.05) is 14.7 Å². The first kappa shape index (κ1) is 39.9. The Morgan fingerprint density at radius 2 is 0.727 bits per heavy atom. The minimum atomic E-state index is -0.342. The minimum Gasteiger partial charge on any atom is -0.311 e. The molecule has 0 amide bonds. The van der Waals surface area contributed by atoms with Crippen LogP contribution < -0.4 is 14.7 Å². The number of benzene rings is 9. The molecule has 0 saturated carbocycles. The van der Waals surface area contributed by atoms with Gasteiger partial charge >= 0.3 is 0 Å². The van der Waals surface area contributed by atoms with Gasteiger partial charge in [-0.2, -0.15) is 0 Å². The van der Waals surface area contributed by atoms with Gasteiger partial charge in [0.25, 0.3) is 0 Å². The fourth-order valence-electron chi connectivity index (χ4n) is 11.5. The van der Waals surface area contributed by atoms with Crippen molar-refractivity contribution in [1.82, 2.24) is 0 Å². The van der Waals surface area contributed by atoms with Crippen LogP contribution >= 0.6 is 0 Å². The standard InChI is InChI=1S/C63H53N3/c1-61(2)52-27-17-16-26-50(52)51-39-48(35-36-53(51)61)65(46-24-14-9-15-25-46)49-40-56-60-57(41-49)63(5,6)55-38-43(32-37-59(55)66(60)58-29-19-18-28-54(58)62(56,3)4)42-30-33-47(34-31-42)64(44-20-10-7-11-21-44)45-22-12-8-13-23-45/h7-41H,1-6H3. The molecule has 9 aromatic rings. The second kappa shape index (κ2) is 14.7. The Kier molecular flexibility index (Phi) is 8.90. The number of hydrogen-bond donors (Lipinski definition) is 0. The van der Waals surface area contributed by atoms with Gasteiger partial charge in [-0.05, 0) is 147 Å². The average Bonchev–Trinajstić information content (AvgIpc) is 3.58. The normalized spacial score (nSPS) is 15.2. The van der Waals surface area contributed by atoms with Gasteiger partial charge in [0.15, 0.2) is 0 Å². The monoisotopic (exact) mass is 851 g/mol. The Balaban J connectivity index is 1.02. The van der Waals surface area contributed by atoms with E-state index in [4.69, 9.17) is 0 Å². The van der Waals surface area contributed by atoms with Gasteiger partial charge in [0, 0.05) is 50.4 Å². The molecule has 0 aromatic heterocycles. The smallest absolute Gasteiger partial charge is 0.0545 e. The van der Waals surface area contributed by atoms with E-state index >= 15 is 0 Å². The predicted molar refractivity (Wildman–Crippen MR) is 278 cm³/mol. The van der Waals surface area contributed by atoms with E-state index in [1.165, 1.54) is 72.7 Å². The summed E-state index contributed by atoms with van der Waals surface area (Å²) in [7, 11) is 0. The molecule has 0 saturated heterocycles. The van der Waals surface area contributed by atoms with Crippen molar-refractivity contribution >= 4 is 51.2 Å². The van der Waals surface area contributed by atoms with E-state index in [-0.39, 0.29) is 16.2 Å². The van der Waals surface area contributed by atoms with Crippen LogP contribution in [-0.2, 0) is 16.2 Å². The molecule has 9 aromatic carbocycles. The molecule has 0 fully saturated rings. The molecular weight excluding hydrogens is 799 g/mol. The van der Waals surface area contributed by atoms with E-state index in [1.807, 2.05) is 0 Å². The summed E-state index contributed by atoms with van der Waals surface area (Å²) in [5.41, 5.74) is 23.1. The number of nitrogens with zero attached hydrogens (tertiary/aromatic N) is 3. The molecule has 3 nitrogen and oxygen atoms in total. The molecule has 12 rings (SSSR count). The predicted octanol–water partition coefficient (Wildman–Crippen LogP) is 17.3. The molecule has 0 atom stereocenters. The topological polar surface area (TPSA) is 9.72 Å². The van der Waals surface area contributed by atoms with E-state index < -0.39 is 0 Å². The third-order valence-corrected chi connectivity index (χ3v) is 15.0. The van der Waals surface area contributed by atoms with Gasteiger partial charge in [-0.1, -0.05) is 163 Å². The zero-order chi connectivity index (χ0) is 45.0. The summed E-state index contributed by atoms with van der Waals surface area (Å²) in [6.45, 7) is 14.4. The van der Waals surface area contributed by atoms with Gasteiger partial charge < -0.3 is 14.7 Å². The molecule has 0 radical (unpaired) electrons. The zero-order valence-electron chi connectivity index (χ0n) is 38.5. The lowest BCUT2D eigenvalue weighted by atomic mass is 9.66. The third-order valence-electron chi connectivity index (χ3n) is 15.0. The molecule has 2 aliphatic heterocycles. The Hall–Kier alpha value is -7.62. The molecule has 0 spiro atoms. The molecule has 1 aliphatic carbocycles. The van der Waals surface area contributed by atoms with Gasteiger partial charge in [0.05, 0.1) is 17.1 Å². The fraction of sp³-hybridized carbons (Fsp3) is 0.143. The lowest BCUT2D eigenvalue weighted by molar-refractivity contribution is 0.597. The van der Waals surface area contributed by atoms with Crippen LogP contribution in [0.15, 0.2) is 212 Å². The number of rotatable bonds is 7. The number of hydrogen-bond acceptors (Lipinski definition) is 3. The van der Waals surface area contributed by atoms with Crippen molar-refractivity contribution in [2.45, 2.75) is 57.8 Å². The maximum absolute atomic E-state index is 2.57.